The fourth-order valence-corrected chi connectivity index (χ4v) is 3.34. The van der Waals surface area contributed by atoms with E-state index < -0.39 is 8.07 Å². The van der Waals surface area contributed by atoms with Gasteiger partial charge in [0.25, 0.3) is 0 Å². The van der Waals surface area contributed by atoms with E-state index in [1.54, 1.807) is 0 Å². The van der Waals surface area contributed by atoms with Crippen molar-refractivity contribution in [1.82, 2.24) is 4.90 Å². The maximum atomic E-state index is 6.32. The number of ether oxygens (including phenoxy) is 1. The van der Waals surface area contributed by atoms with Gasteiger partial charge in [-0.2, -0.15) is 0 Å². The molecule has 1 aromatic rings. The summed E-state index contributed by atoms with van der Waals surface area (Å²) in [6, 6.07) is 5.13. The molecule has 0 aliphatic rings. The minimum Gasteiger partial charge on any atom is -0.492 e. The normalized spacial score (nSPS) is 12.0. The predicted octanol–water partition coefficient (Wildman–Crippen LogP) is 5.37. The summed E-state index contributed by atoms with van der Waals surface area (Å²) in [6.07, 6.45) is 2.92. The second-order valence-electron chi connectivity index (χ2n) is 6.90. The Bertz CT molecular complexity index is 512. The van der Waals surface area contributed by atoms with Gasteiger partial charge in [-0.05, 0) is 38.0 Å². The van der Waals surface area contributed by atoms with Crippen molar-refractivity contribution in [3.63, 3.8) is 0 Å². The maximum Gasteiger partial charge on any atom is 0.138 e. The van der Waals surface area contributed by atoms with Crippen molar-refractivity contribution in [3.8, 4) is 5.75 Å². The van der Waals surface area contributed by atoms with E-state index in [0.717, 1.165) is 36.6 Å². The number of nitrogens with zero attached hydrogens (tertiary/aromatic N) is 2. The Morgan fingerprint density at radius 3 is 2.59 bits per heavy atom. The van der Waals surface area contributed by atoms with Gasteiger partial charge in [0.1, 0.15) is 5.75 Å². The summed E-state index contributed by atoms with van der Waals surface area (Å²) in [5.41, 5.74) is 1.96. The Hall–Kier alpha value is -1.00. The number of hydrogen-bond donors (Lipinski definition) is 0. The molecule has 1 rings (SSSR count). The third kappa shape index (κ3) is 6.84. The highest BCUT2D eigenvalue weighted by atomic mass is 35.5. The molecule has 0 N–H and O–H groups in total. The third-order valence-corrected chi connectivity index (χ3v) is 5.62. The van der Waals surface area contributed by atoms with Gasteiger partial charge < -0.3 is 9.64 Å². The lowest BCUT2D eigenvalue weighted by Gasteiger charge is -2.16. The molecule has 5 heteroatoms. The van der Waals surface area contributed by atoms with E-state index in [4.69, 9.17) is 16.3 Å². The minimum absolute atomic E-state index is 0.630. The molecule has 0 saturated carbocycles. The first-order valence-corrected chi connectivity index (χ1v) is 12.0. The highest BCUT2D eigenvalue weighted by Gasteiger charge is 2.12. The Morgan fingerprint density at radius 2 is 2.00 bits per heavy atom. The standard InChI is InChI=1S/C17H29ClN2OSi/c1-7-20(3)13-19-16-12-15(18)17(11-14(16)2)21-9-8-10-22(4,5)6/h11-13H,7-10H2,1-6H3. The molecular weight excluding hydrogens is 312 g/mol. The summed E-state index contributed by atoms with van der Waals surface area (Å²) < 4.78 is 5.84. The fourth-order valence-electron chi connectivity index (χ4n) is 1.92. The molecule has 0 unspecified atom stereocenters. The molecule has 3 nitrogen and oxygen atoms in total. The van der Waals surface area contributed by atoms with Crippen molar-refractivity contribution < 1.29 is 4.74 Å². The summed E-state index contributed by atoms with van der Waals surface area (Å²) in [6.45, 7) is 12.9. The van der Waals surface area contributed by atoms with Gasteiger partial charge in [-0.25, -0.2) is 4.99 Å². The van der Waals surface area contributed by atoms with E-state index in [0.29, 0.717) is 5.02 Å². The van der Waals surface area contributed by atoms with Crippen LogP contribution in [0.5, 0.6) is 5.75 Å². The molecule has 0 fully saturated rings. The van der Waals surface area contributed by atoms with Gasteiger partial charge in [-0.1, -0.05) is 37.3 Å². The van der Waals surface area contributed by atoms with Crippen LogP contribution < -0.4 is 4.74 Å². The first-order valence-electron chi connectivity index (χ1n) is 7.90. The van der Waals surface area contributed by atoms with Crippen LogP contribution in [0, 0.1) is 6.92 Å². The van der Waals surface area contributed by atoms with E-state index in [1.807, 2.05) is 37.3 Å². The van der Waals surface area contributed by atoms with Crippen LogP contribution in [0.4, 0.5) is 5.69 Å². The number of rotatable bonds is 8. The van der Waals surface area contributed by atoms with Gasteiger partial charge in [0.15, 0.2) is 0 Å². The van der Waals surface area contributed by atoms with Crippen molar-refractivity contribution in [2.45, 2.75) is 46.0 Å². The van der Waals surface area contributed by atoms with Gasteiger partial charge in [-0.15, -0.1) is 0 Å². The van der Waals surface area contributed by atoms with Crippen molar-refractivity contribution in [2.75, 3.05) is 20.2 Å². The van der Waals surface area contributed by atoms with Gasteiger partial charge >= 0.3 is 0 Å². The largest absolute Gasteiger partial charge is 0.492 e. The van der Waals surface area contributed by atoms with Crippen molar-refractivity contribution in [2.24, 2.45) is 4.99 Å². The molecule has 0 amide bonds. The van der Waals surface area contributed by atoms with Gasteiger partial charge in [0.2, 0.25) is 0 Å². The number of benzene rings is 1. The first-order chi connectivity index (χ1) is 10.2. The van der Waals surface area contributed by atoms with Crippen molar-refractivity contribution >= 4 is 31.7 Å². The lowest BCUT2D eigenvalue weighted by atomic mass is 10.2. The summed E-state index contributed by atoms with van der Waals surface area (Å²) in [5, 5.41) is 0.630. The number of aryl methyl sites for hydroxylation is 1. The molecular formula is C17H29ClN2OSi. The van der Waals surface area contributed by atoms with E-state index in [1.165, 1.54) is 6.04 Å². The third-order valence-electron chi connectivity index (χ3n) is 3.47. The molecule has 1 aromatic carbocycles. The summed E-state index contributed by atoms with van der Waals surface area (Å²) in [7, 11) is 1.01. The van der Waals surface area contributed by atoms with Crippen molar-refractivity contribution in [3.05, 3.63) is 22.7 Å². The Morgan fingerprint density at radius 1 is 1.32 bits per heavy atom. The molecule has 0 aromatic heterocycles. The molecule has 22 heavy (non-hydrogen) atoms. The Kier molecular flexibility index (Phi) is 7.43. The van der Waals surface area contributed by atoms with E-state index in [2.05, 4.69) is 31.6 Å². The second-order valence-corrected chi connectivity index (χ2v) is 12.9. The minimum atomic E-state index is -0.991. The fraction of sp³-hybridized carbons (Fsp3) is 0.588. The molecule has 0 radical (unpaired) electrons. The summed E-state index contributed by atoms with van der Waals surface area (Å²) in [4.78, 5) is 6.50. The molecule has 0 saturated heterocycles. The lowest BCUT2D eigenvalue weighted by molar-refractivity contribution is 0.317. The molecule has 0 atom stereocenters. The smallest absolute Gasteiger partial charge is 0.138 e. The number of halogens is 1. The SMILES string of the molecule is CCN(C)C=Nc1cc(Cl)c(OCCC[Si](C)(C)C)cc1C. The van der Waals surface area contributed by atoms with Crippen LogP contribution in [0.15, 0.2) is 17.1 Å². The zero-order chi connectivity index (χ0) is 16.8. The molecule has 124 valence electrons. The Balaban J connectivity index is 2.67. The first kappa shape index (κ1) is 19.0. The highest BCUT2D eigenvalue weighted by molar-refractivity contribution is 6.76. The van der Waals surface area contributed by atoms with Crippen LogP contribution in [-0.4, -0.2) is 39.5 Å². The Labute approximate surface area is 141 Å². The molecule has 0 spiro atoms. The molecule has 0 aliphatic heterocycles. The van der Waals surface area contributed by atoms with E-state index >= 15 is 0 Å². The zero-order valence-corrected chi connectivity index (χ0v) is 16.5. The van der Waals surface area contributed by atoms with Crippen molar-refractivity contribution in [1.29, 1.82) is 0 Å². The van der Waals surface area contributed by atoms with Crippen LogP contribution in [-0.2, 0) is 0 Å². The van der Waals surface area contributed by atoms with E-state index in [9.17, 15) is 0 Å². The topological polar surface area (TPSA) is 24.8 Å². The molecule has 0 bridgehead atoms. The van der Waals surface area contributed by atoms with Gasteiger partial charge in [0, 0.05) is 21.7 Å². The average molecular weight is 341 g/mol. The van der Waals surface area contributed by atoms with Gasteiger partial charge in [-0.3, -0.25) is 0 Å². The monoisotopic (exact) mass is 340 g/mol. The van der Waals surface area contributed by atoms with Crippen LogP contribution in [0.1, 0.15) is 18.9 Å². The number of hydrogen-bond acceptors (Lipinski definition) is 2. The summed E-state index contributed by atoms with van der Waals surface area (Å²) >= 11 is 6.32. The molecule has 0 aliphatic carbocycles. The molecule has 0 heterocycles. The predicted molar refractivity (Wildman–Crippen MR) is 101 cm³/mol. The highest BCUT2D eigenvalue weighted by Crippen LogP contribution is 2.32. The zero-order valence-electron chi connectivity index (χ0n) is 14.7. The number of aliphatic imine (C=N–C) groups is 1. The van der Waals surface area contributed by atoms with Crippen LogP contribution >= 0.6 is 11.6 Å². The summed E-state index contributed by atoms with van der Waals surface area (Å²) in [5.74, 6) is 0.762. The van der Waals surface area contributed by atoms with Crippen LogP contribution in [0.3, 0.4) is 0 Å². The van der Waals surface area contributed by atoms with E-state index in [-0.39, 0.29) is 0 Å². The lowest BCUT2D eigenvalue weighted by Crippen LogP contribution is -2.20. The maximum absolute atomic E-state index is 6.32. The van der Waals surface area contributed by atoms with Gasteiger partial charge in [0.05, 0.1) is 23.7 Å². The average Bonchev–Trinajstić information content (AvgIpc) is 2.43. The van der Waals surface area contributed by atoms with Crippen LogP contribution in [0.2, 0.25) is 30.7 Å². The quantitative estimate of drug-likeness (QED) is 0.275. The van der Waals surface area contributed by atoms with Crippen LogP contribution in [0.25, 0.3) is 0 Å². The second kappa shape index (κ2) is 8.58.